The van der Waals surface area contributed by atoms with Crippen LogP contribution in [0.3, 0.4) is 0 Å². The minimum atomic E-state index is -3.63. The van der Waals surface area contributed by atoms with Gasteiger partial charge >= 0.3 is 11.9 Å². The molecule has 41 heavy (non-hydrogen) atoms. The SMILES string of the molecule is CCCCCOC(=O)C1(NP(=O)(CO[C@H](C)Cn2cnc3c(N)ncnc32)NC2(C(=O)OCCCCC)CC2)CC1. The lowest BCUT2D eigenvalue weighted by Gasteiger charge is -2.30. The maximum absolute atomic E-state index is 14.4. The van der Waals surface area contributed by atoms with Gasteiger partial charge in [0.2, 0.25) is 7.44 Å². The van der Waals surface area contributed by atoms with E-state index in [9.17, 15) is 14.2 Å². The van der Waals surface area contributed by atoms with Gasteiger partial charge in [-0.25, -0.2) is 25.1 Å². The quantitative estimate of drug-likeness (QED) is 0.123. The zero-order valence-corrected chi connectivity index (χ0v) is 25.3. The van der Waals surface area contributed by atoms with E-state index in [1.54, 1.807) is 10.9 Å². The molecule has 13 nitrogen and oxygen atoms in total. The van der Waals surface area contributed by atoms with Crippen LogP contribution < -0.4 is 15.9 Å². The Hall–Kier alpha value is -2.60. The van der Waals surface area contributed by atoms with Crippen LogP contribution >= 0.6 is 7.44 Å². The van der Waals surface area contributed by atoms with Crippen molar-refractivity contribution >= 4 is 36.4 Å². The average Bonchev–Trinajstić information content (AvgIpc) is 3.87. The van der Waals surface area contributed by atoms with Crippen LogP contribution in [-0.2, 0) is 34.9 Å². The predicted octanol–water partition coefficient (Wildman–Crippen LogP) is 3.68. The van der Waals surface area contributed by atoms with Gasteiger partial charge in [-0.15, -0.1) is 0 Å². The van der Waals surface area contributed by atoms with Crippen LogP contribution in [0.15, 0.2) is 12.7 Å². The number of nitrogens with one attached hydrogen (secondary N) is 2. The molecule has 0 aromatic carbocycles. The van der Waals surface area contributed by atoms with Crippen molar-refractivity contribution in [2.24, 2.45) is 0 Å². The molecule has 1 atom stereocenters. The minimum absolute atomic E-state index is 0.242. The van der Waals surface area contributed by atoms with E-state index in [0.717, 1.165) is 38.5 Å². The first kappa shape index (κ1) is 31.3. The van der Waals surface area contributed by atoms with Gasteiger partial charge < -0.3 is 24.5 Å². The number of hydrogen-bond donors (Lipinski definition) is 3. The molecule has 2 aromatic rings. The summed E-state index contributed by atoms with van der Waals surface area (Å²) in [4.78, 5) is 38.5. The molecule has 0 radical (unpaired) electrons. The number of esters is 2. The van der Waals surface area contributed by atoms with E-state index in [1.807, 2.05) is 6.92 Å². The molecule has 4 rings (SSSR count). The third-order valence-corrected chi connectivity index (χ3v) is 9.55. The standard InChI is InChI=1S/C27H44N7O6P/c1-4-6-8-14-38-24(35)26(10-11-26)32-41(37,33-27(12-13-27)25(36)39-15-9-7-5-2)19-40-20(3)16-34-18-31-21-22(28)29-17-30-23(21)34/h17-18,20H,4-16,19H2,1-3H3,(H2,28,29,30)(H2,32,33,37)/t20-/m1/s1. The Morgan fingerprint density at radius 1 is 0.976 bits per heavy atom. The van der Waals surface area contributed by atoms with Crippen LogP contribution in [0, 0.1) is 0 Å². The maximum atomic E-state index is 14.4. The summed E-state index contributed by atoms with van der Waals surface area (Å²) in [6.07, 6.45) is 9.83. The van der Waals surface area contributed by atoms with Crippen LogP contribution in [-0.4, -0.2) is 68.2 Å². The summed E-state index contributed by atoms with van der Waals surface area (Å²) in [5.74, 6) is -0.552. The number of nitrogen functional groups attached to an aromatic ring is 1. The van der Waals surface area contributed by atoms with E-state index in [0.29, 0.717) is 56.6 Å². The fourth-order valence-electron chi connectivity index (χ4n) is 4.66. The van der Waals surface area contributed by atoms with E-state index in [2.05, 4.69) is 39.0 Å². The van der Waals surface area contributed by atoms with Crippen molar-refractivity contribution in [1.82, 2.24) is 29.7 Å². The fraction of sp³-hybridized carbons (Fsp3) is 0.741. The van der Waals surface area contributed by atoms with Gasteiger partial charge in [0.25, 0.3) is 0 Å². The van der Waals surface area contributed by atoms with E-state index < -0.39 is 36.6 Å². The second kappa shape index (κ2) is 13.6. The molecular weight excluding hydrogens is 549 g/mol. The first-order valence-corrected chi connectivity index (χ1v) is 16.6. The average molecular weight is 594 g/mol. The molecule has 4 N–H and O–H groups in total. The molecule has 0 spiro atoms. The summed E-state index contributed by atoms with van der Waals surface area (Å²) in [7, 11) is -3.63. The highest BCUT2D eigenvalue weighted by atomic mass is 31.2. The van der Waals surface area contributed by atoms with Gasteiger partial charge in [-0.3, -0.25) is 14.2 Å². The number of unbranched alkanes of at least 4 members (excludes halogenated alkanes) is 4. The monoisotopic (exact) mass is 593 g/mol. The molecule has 0 aliphatic heterocycles. The predicted molar refractivity (Wildman–Crippen MR) is 154 cm³/mol. The van der Waals surface area contributed by atoms with Gasteiger partial charge in [-0.2, -0.15) is 0 Å². The number of fused-ring (bicyclic) bond motifs is 1. The van der Waals surface area contributed by atoms with Crippen molar-refractivity contribution in [1.29, 1.82) is 0 Å². The number of ether oxygens (including phenoxy) is 3. The largest absolute Gasteiger partial charge is 0.464 e. The highest BCUT2D eigenvalue weighted by molar-refractivity contribution is 7.59. The highest BCUT2D eigenvalue weighted by Gasteiger charge is 2.59. The number of aromatic nitrogens is 4. The maximum Gasteiger partial charge on any atom is 0.326 e. The van der Waals surface area contributed by atoms with E-state index in [1.165, 1.54) is 6.33 Å². The van der Waals surface area contributed by atoms with E-state index in [-0.39, 0.29) is 12.2 Å². The molecule has 2 aromatic heterocycles. The van der Waals surface area contributed by atoms with Crippen LogP contribution in [0.4, 0.5) is 5.82 Å². The summed E-state index contributed by atoms with van der Waals surface area (Å²) >= 11 is 0. The smallest absolute Gasteiger partial charge is 0.326 e. The molecule has 0 bridgehead atoms. The van der Waals surface area contributed by atoms with Crippen molar-refractivity contribution in [3.63, 3.8) is 0 Å². The summed E-state index contributed by atoms with van der Waals surface area (Å²) in [6, 6.07) is 0. The molecule has 2 heterocycles. The van der Waals surface area contributed by atoms with Gasteiger partial charge in [0.15, 0.2) is 11.5 Å². The number of nitrogens with two attached hydrogens (primary N) is 1. The summed E-state index contributed by atoms with van der Waals surface area (Å²) < 4.78 is 33.3. The molecule has 0 saturated heterocycles. The van der Waals surface area contributed by atoms with Gasteiger partial charge in [-0.1, -0.05) is 39.5 Å². The Balaban J connectivity index is 1.43. The first-order valence-electron chi connectivity index (χ1n) is 14.7. The number of imidazole rings is 1. The Kier molecular flexibility index (Phi) is 10.4. The number of rotatable bonds is 19. The lowest BCUT2D eigenvalue weighted by atomic mass is 10.2. The summed E-state index contributed by atoms with van der Waals surface area (Å²) in [5.41, 5.74) is 4.84. The van der Waals surface area contributed by atoms with Crippen LogP contribution in [0.1, 0.15) is 85.0 Å². The molecule has 228 valence electrons. The van der Waals surface area contributed by atoms with Crippen LogP contribution in [0.25, 0.3) is 11.2 Å². The second-order valence-corrected chi connectivity index (χ2v) is 13.4. The van der Waals surface area contributed by atoms with Crippen molar-refractivity contribution in [2.75, 3.05) is 25.3 Å². The lowest BCUT2D eigenvalue weighted by Crippen LogP contribution is -2.47. The van der Waals surface area contributed by atoms with Crippen molar-refractivity contribution in [2.45, 2.75) is 109 Å². The molecule has 0 unspecified atom stereocenters. The van der Waals surface area contributed by atoms with E-state index >= 15 is 0 Å². The number of carbonyl (C=O) groups is 2. The van der Waals surface area contributed by atoms with Crippen molar-refractivity contribution in [3.8, 4) is 0 Å². The van der Waals surface area contributed by atoms with Gasteiger partial charge in [-0.05, 0) is 45.4 Å². The molecule has 2 aliphatic carbocycles. The Morgan fingerprint density at radius 3 is 2.05 bits per heavy atom. The Bertz CT molecular complexity index is 1200. The number of anilines is 1. The first-order chi connectivity index (χ1) is 19.7. The number of hydrogen-bond acceptors (Lipinski definition) is 10. The van der Waals surface area contributed by atoms with E-state index in [4.69, 9.17) is 19.9 Å². The Morgan fingerprint density at radius 2 is 1.54 bits per heavy atom. The normalized spacial score (nSPS) is 17.7. The molecule has 0 amide bonds. The molecule has 2 aliphatic rings. The lowest BCUT2D eigenvalue weighted by molar-refractivity contribution is -0.147. The minimum Gasteiger partial charge on any atom is -0.464 e. The molecule has 2 saturated carbocycles. The topological polar surface area (TPSA) is 173 Å². The molecular formula is C27H44N7O6P. The van der Waals surface area contributed by atoms with Crippen LogP contribution in [0.5, 0.6) is 0 Å². The zero-order chi connectivity index (χ0) is 29.5. The summed E-state index contributed by atoms with van der Waals surface area (Å²) in [5, 5.41) is 6.16. The third-order valence-electron chi connectivity index (χ3n) is 7.46. The van der Waals surface area contributed by atoms with Crippen LogP contribution in [0.2, 0.25) is 0 Å². The Labute approximate surface area is 241 Å². The second-order valence-electron chi connectivity index (χ2n) is 11.2. The third kappa shape index (κ3) is 8.03. The molecule has 14 heteroatoms. The van der Waals surface area contributed by atoms with Gasteiger partial charge in [0.1, 0.15) is 29.3 Å². The molecule has 2 fully saturated rings. The van der Waals surface area contributed by atoms with Gasteiger partial charge in [0, 0.05) is 0 Å². The van der Waals surface area contributed by atoms with Crippen molar-refractivity contribution in [3.05, 3.63) is 12.7 Å². The highest BCUT2D eigenvalue weighted by Crippen LogP contribution is 2.53. The number of nitrogens with zero attached hydrogens (tertiary/aromatic N) is 4. The number of carbonyl (C=O) groups excluding carboxylic acids is 2. The van der Waals surface area contributed by atoms with Crippen molar-refractivity contribution < 1.29 is 28.4 Å². The summed E-state index contributed by atoms with van der Waals surface area (Å²) in [6.45, 7) is 7.00. The van der Waals surface area contributed by atoms with Gasteiger partial charge in [0.05, 0.1) is 32.2 Å². The zero-order valence-electron chi connectivity index (χ0n) is 24.4. The fourth-order valence-corrected chi connectivity index (χ4v) is 7.32.